The summed E-state index contributed by atoms with van der Waals surface area (Å²) >= 11 is 0. The van der Waals surface area contributed by atoms with Gasteiger partial charge in [0.15, 0.2) is 5.43 Å². The van der Waals surface area contributed by atoms with Crippen LogP contribution in [0.4, 0.5) is 0 Å². The lowest BCUT2D eigenvalue weighted by Gasteiger charge is -2.14. The number of amides is 2. The molecule has 0 spiro atoms. The zero-order valence-corrected chi connectivity index (χ0v) is 14.2. The molecule has 1 aliphatic heterocycles. The van der Waals surface area contributed by atoms with Gasteiger partial charge in [-0.25, -0.2) is 4.79 Å². The Balaban J connectivity index is 1.86. The number of hydrogen-bond acceptors (Lipinski definition) is 6. The molecular weight excluding hydrogens is 340 g/mol. The summed E-state index contributed by atoms with van der Waals surface area (Å²) in [6.45, 7) is 2.53. The summed E-state index contributed by atoms with van der Waals surface area (Å²) in [7, 11) is 1.54. The van der Waals surface area contributed by atoms with Crippen molar-refractivity contribution in [1.29, 1.82) is 0 Å². The molecule has 2 aromatic rings. The summed E-state index contributed by atoms with van der Waals surface area (Å²) in [5.41, 5.74) is 0.101. The van der Waals surface area contributed by atoms with Crippen LogP contribution in [0.15, 0.2) is 41.3 Å². The quantitative estimate of drug-likeness (QED) is 0.747. The number of carbonyl (C=O) groups excluding carboxylic acids is 3. The number of pyridine rings is 1. The van der Waals surface area contributed by atoms with Crippen molar-refractivity contribution in [2.45, 2.75) is 13.5 Å². The van der Waals surface area contributed by atoms with Crippen LogP contribution in [0.1, 0.15) is 36.8 Å². The molecule has 1 aliphatic rings. The fourth-order valence-corrected chi connectivity index (χ4v) is 2.64. The third-order valence-electron chi connectivity index (χ3n) is 4.03. The van der Waals surface area contributed by atoms with E-state index in [0.717, 1.165) is 0 Å². The lowest BCUT2D eigenvalue weighted by Crippen LogP contribution is -2.34. The molecule has 134 valence electrons. The molecule has 1 aromatic heterocycles. The first-order valence-electron chi connectivity index (χ1n) is 7.84. The summed E-state index contributed by atoms with van der Waals surface area (Å²) in [4.78, 5) is 54.0. The van der Waals surface area contributed by atoms with E-state index in [1.165, 1.54) is 31.5 Å². The van der Waals surface area contributed by atoms with Gasteiger partial charge in [0.2, 0.25) is 0 Å². The van der Waals surface area contributed by atoms with Gasteiger partial charge in [-0.15, -0.1) is 0 Å². The Hall–Kier alpha value is -3.26. The highest BCUT2D eigenvalue weighted by Gasteiger charge is 2.39. The lowest BCUT2D eigenvalue weighted by atomic mass is 10.1. The van der Waals surface area contributed by atoms with E-state index in [-0.39, 0.29) is 16.7 Å². The number of nitrogens with zero attached hydrogens (tertiary/aromatic N) is 2. The molecule has 0 atom stereocenters. The van der Waals surface area contributed by atoms with Crippen molar-refractivity contribution in [2.75, 3.05) is 13.7 Å². The molecule has 0 radical (unpaired) electrons. The zero-order valence-electron chi connectivity index (χ0n) is 14.2. The molecule has 3 rings (SSSR count). The number of aryl methyl sites for hydroxylation is 1. The fraction of sp³-hybridized carbons (Fsp3) is 0.222. The molecule has 26 heavy (non-hydrogen) atoms. The molecule has 2 amide bonds. The van der Waals surface area contributed by atoms with Crippen molar-refractivity contribution >= 4 is 17.8 Å². The summed E-state index contributed by atoms with van der Waals surface area (Å²) < 4.78 is 6.65. The molecule has 8 nitrogen and oxygen atoms in total. The first-order valence-corrected chi connectivity index (χ1v) is 7.84. The van der Waals surface area contributed by atoms with Gasteiger partial charge in [0.1, 0.15) is 5.56 Å². The van der Waals surface area contributed by atoms with Crippen LogP contribution < -0.4 is 5.43 Å². The predicted octanol–water partition coefficient (Wildman–Crippen LogP) is 1.17. The number of ether oxygens (including phenoxy) is 1. The Kier molecular flexibility index (Phi) is 4.68. The normalized spacial score (nSPS) is 13.1. The number of carbonyl (C=O) groups is 3. The van der Waals surface area contributed by atoms with Crippen molar-refractivity contribution in [2.24, 2.45) is 0 Å². The Morgan fingerprint density at radius 3 is 2.27 bits per heavy atom. The number of rotatable bonds is 5. The second kappa shape index (κ2) is 6.93. The topological polar surface area (TPSA) is 94.9 Å². The molecule has 1 aromatic carbocycles. The summed E-state index contributed by atoms with van der Waals surface area (Å²) in [5.74, 6) is -2.56. The van der Waals surface area contributed by atoms with Crippen molar-refractivity contribution in [3.63, 3.8) is 0 Å². The summed E-state index contributed by atoms with van der Waals surface area (Å²) in [5, 5.41) is 0.381. The van der Waals surface area contributed by atoms with Crippen LogP contribution in [0.25, 0.3) is 0 Å². The Morgan fingerprint density at radius 1 is 1.08 bits per heavy atom. The van der Waals surface area contributed by atoms with Crippen LogP contribution in [-0.2, 0) is 16.1 Å². The zero-order chi connectivity index (χ0) is 18.8. The van der Waals surface area contributed by atoms with Crippen molar-refractivity contribution < 1.29 is 24.0 Å². The van der Waals surface area contributed by atoms with Gasteiger partial charge in [-0.2, -0.15) is 0 Å². The highest BCUT2D eigenvalue weighted by Crippen LogP contribution is 2.23. The second-order valence-corrected chi connectivity index (χ2v) is 5.71. The number of hydrogen-bond donors (Lipinski definition) is 0. The molecule has 0 fully saturated rings. The van der Waals surface area contributed by atoms with E-state index < -0.39 is 23.2 Å². The van der Waals surface area contributed by atoms with Crippen molar-refractivity contribution in [1.82, 2.24) is 9.63 Å². The van der Waals surface area contributed by atoms with Gasteiger partial charge in [0, 0.05) is 31.6 Å². The van der Waals surface area contributed by atoms with E-state index in [2.05, 4.69) is 0 Å². The number of imide groups is 1. The minimum Gasteiger partial charge on any atom is -0.383 e. The minimum atomic E-state index is -1.07. The molecule has 0 unspecified atom stereocenters. The molecule has 0 saturated heterocycles. The van der Waals surface area contributed by atoms with Crippen LogP contribution >= 0.6 is 0 Å². The maximum absolute atomic E-state index is 12.4. The molecule has 0 aliphatic carbocycles. The Bertz CT molecular complexity index is 927. The standard InChI is InChI=1S/C18H16N2O6/c1-11-9-15(21)14(10-19(11)7-8-25-2)18(24)26-20-16(22)12-5-3-4-6-13(12)17(20)23/h3-6,9-10H,7-8H2,1-2H3. The molecule has 0 saturated carbocycles. The smallest absolute Gasteiger partial charge is 0.369 e. The maximum atomic E-state index is 12.4. The highest BCUT2D eigenvalue weighted by atomic mass is 16.7. The van der Waals surface area contributed by atoms with Crippen molar-refractivity contribution in [3.05, 3.63) is 69.1 Å². The van der Waals surface area contributed by atoms with Crippen LogP contribution in [0.3, 0.4) is 0 Å². The average molecular weight is 356 g/mol. The van der Waals surface area contributed by atoms with E-state index in [0.29, 0.717) is 23.9 Å². The SMILES string of the molecule is COCCn1cc(C(=O)ON2C(=O)c3ccccc3C2=O)c(=O)cc1C. The van der Waals surface area contributed by atoms with Crippen LogP contribution in [-0.4, -0.2) is 41.1 Å². The number of aromatic nitrogens is 1. The predicted molar refractivity (Wildman–Crippen MR) is 89.7 cm³/mol. The largest absolute Gasteiger partial charge is 0.383 e. The van der Waals surface area contributed by atoms with Crippen LogP contribution in [0.5, 0.6) is 0 Å². The molecule has 0 bridgehead atoms. The fourth-order valence-electron chi connectivity index (χ4n) is 2.64. The highest BCUT2D eigenvalue weighted by molar-refractivity contribution is 6.21. The van der Waals surface area contributed by atoms with E-state index >= 15 is 0 Å². The van der Waals surface area contributed by atoms with Crippen molar-refractivity contribution in [3.8, 4) is 0 Å². The van der Waals surface area contributed by atoms with Gasteiger partial charge in [-0.3, -0.25) is 14.4 Å². The van der Waals surface area contributed by atoms with E-state index in [1.54, 1.807) is 23.6 Å². The Labute approximate surface area is 148 Å². The monoisotopic (exact) mass is 356 g/mol. The third-order valence-corrected chi connectivity index (χ3v) is 4.03. The van der Waals surface area contributed by atoms with Gasteiger partial charge in [-0.1, -0.05) is 17.2 Å². The van der Waals surface area contributed by atoms with E-state index in [4.69, 9.17) is 9.57 Å². The average Bonchev–Trinajstić information content (AvgIpc) is 2.86. The summed E-state index contributed by atoms with van der Waals surface area (Å²) in [6, 6.07) is 7.42. The Morgan fingerprint density at radius 2 is 1.69 bits per heavy atom. The molecule has 8 heteroatoms. The number of benzene rings is 1. The number of methoxy groups -OCH3 is 1. The van der Waals surface area contributed by atoms with Gasteiger partial charge in [0.25, 0.3) is 11.8 Å². The van der Waals surface area contributed by atoms with Gasteiger partial charge in [-0.05, 0) is 19.1 Å². The lowest BCUT2D eigenvalue weighted by molar-refractivity contribution is -0.0586. The summed E-state index contributed by atoms with van der Waals surface area (Å²) in [6.07, 6.45) is 1.33. The van der Waals surface area contributed by atoms with E-state index in [9.17, 15) is 19.2 Å². The molecule has 0 N–H and O–H groups in total. The van der Waals surface area contributed by atoms with Crippen LogP contribution in [0, 0.1) is 6.92 Å². The second-order valence-electron chi connectivity index (χ2n) is 5.71. The van der Waals surface area contributed by atoms with E-state index in [1.807, 2.05) is 0 Å². The van der Waals surface area contributed by atoms with Crippen LogP contribution in [0.2, 0.25) is 0 Å². The first kappa shape index (κ1) is 17.6. The maximum Gasteiger partial charge on any atom is 0.369 e. The molecule has 2 heterocycles. The van der Waals surface area contributed by atoms with Gasteiger partial charge >= 0.3 is 5.97 Å². The van der Waals surface area contributed by atoms with Gasteiger partial charge < -0.3 is 14.1 Å². The number of fused-ring (bicyclic) bond motifs is 1. The molecular formula is C18H16N2O6. The first-order chi connectivity index (χ1) is 12.4. The number of hydroxylamine groups is 2. The third kappa shape index (κ3) is 3.02. The van der Waals surface area contributed by atoms with Gasteiger partial charge in [0.05, 0.1) is 17.7 Å². The minimum absolute atomic E-state index is 0.145.